The molecule has 2 fully saturated rings. The van der Waals surface area contributed by atoms with Crippen LogP contribution in [0.25, 0.3) is 0 Å². The molecule has 31 heavy (non-hydrogen) atoms. The van der Waals surface area contributed by atoms with Gasteiger partial charge in [-0.25, -0.2) is 0 Å². The van der Waals surface area contributed by atoms with Crippen molar-refractivity contribution in [2.75, 3.05) is 31.6 Å². The molecule has 8 nitrogen and oxygen atoms in total. The molecule has 2 aliphatic rings. The van der Waals surface area contributed by atoms with E-state index in [0.717, 1.165) is 25.9 Å². The molecule has 4 rings (SSSR count). The fraction of sp³-hybridized carbons (Fsp3) is 0.435. The summed E-state index contributed by atoms with van der Waals surface area (Å²) in [4.78, 5) is 39.9. The molecule has 0 aliphatic carbocycles. The number of anilines is 1. The second kappa shape index (κ2) is 9.78. The van der Waals surface area contributed by atoms with Gasteiger partial charge in [0.05, 0.1) is 35.1 Å². The summed E-state index contributed by atoms with van der Waals surface area (Å²) in [5.74, 6) is -0.913. The lowest BCUT2D eigenvalue weighted by Gasteiger charge is -2.32. The molecule has 2 saturated heterocycles. The van der Waals surface area contributed by atoms with Crippen molar-refractivity contribution in [2.45, 2.75) is 31.8 Å². The highest BCUT2D eigenvalue weighted by molar-refractivity contribution is 6.04. The Hall–Kier alpha value is -3.13. The van der Waals surface area contributed by atoms with Gasteiger partial charge in [0, 0.05) is 26.2 Å². The van der Waals surface area contributed by atoms with Crippen LogP contribution in [0.15, 0.2) is 47.3 Å². The Morgan fingerprint density at radius 1 is 1.10 bits per heavy atom. The first-order valence-electron chi connectivity index (χ1n) is 10.7. The summed E-state index contributed by atoms with van der Waals surface area (Å²) in [6.45, 7) is 2.13. The van der Waals surface area contributed by atoms with Crippen LogP contribution in [-0.4, -0.2) is 55.0 Å². The number of carbonyl (C=O) groups excluding carboxylic acids is 3. The second-order valence-corrected chi connectivity index (χ2v) is 7.98. The monoisotopic (exact) mass is 425 g/mol. The normalized spacial score (nSPS) is 21.0. The molecule has 2 aliphatic heterocycles. The lowest BCUT2D eigenvalue weighted by Crippen LogP contribution is -2.43. The van der Waals surface area contributed by atoms with Gasteiger partial charge in [-0.15, -0.1) is 0 Å². The standard InChI is InChI=1S/C23H27N3O5/c27-21(16-5-3-10-26(14-16)23(29)17-9-12-30-15-17)25-20-8-2-1-7-19(20)22(28)24-13-18-6-4-11-31-18/h1-2,7-9,12,15-16,18H,3-6,10-11,13-14H2,(H,24,28)(H,25,27). The number of ether oxygens (including phenoxy) is 1. The third-order valence-electron chi connectivity index (χ3n) is 5.79. The summed E-state index contributed by atoms with van der Waals surface area (Å²) >= 11 is 0. The zero-order valence-corrected chi connectivity index (χ0v) is 17.3. The van der Waals surface area contributed by atoms with Gasteiger partial charge in [0.2, 0.25) is 5.91 Å². The van der Waals surface area contributed by atoms with Gasteiger partial charge in [0.1, 0.15) is 6.26 Å². The number of piperidine rings is 1. The van der Waals surface area contributed by atoms with Crippen molar-refractivity contribution in [1.29, 1.82) is 0 Å². The molecule has 2 aromatic rings. The van der Waals surface area contributed by atoms with Crippen LogP contribution >= 0.6 is 0 Å². The van der Waals surface area contributed by atoms with Crippen molar-refractivity contribution in [1.82, 2.24) is 10.2 Å². The molecular weight excluding hydrogens is 398 g/mol. The molecule has 8 heteroatoms. The topological polar surface area (TPSA) is 101 Å². The summed E-state index contributed by atoms with van der Waals surface area (Å²) in [5, 5.41) is 5.79. The maximum atomic E-state index is 12.9. The Labute approximate surface area is 180 Å². The molecule has 2 N–H and O–H groups in total. The van der Waals surface area contributed by atoms with E-state index in [-0.39, 0.29) is 29.7 Å². The van der Waals surface area contributed by atoms with Crippen LogP contribution in [0, 0.1) is 5.92 Å². The fourth-order valence-corrected chi connectivity index (χ4v) is 4.08. The van der Waals surface area contributed by atoms with Gasteiger partial charge in [-0.05, 0) is 43.9 Å². The minimum atomic E-state index is -0.340. The van der Waals surface area contributed by atoms with Crippen molar-refractivity contribution < 1.29 is 23.5 Å². The maximum Gasteiger partial charge on any atom is 0.257 e. The van der Waals surface area contributed by atoms with Crippen molar-refractivity contribution >= 4 is 23.4 Å². The van der Waals surface area contributed by atoms with Crippen molar-refractivity contribution in [2.24, 2.45) is 5.92 Å². The average molecular weight is 425 g/mol. The number of hydrogen-bond acceptors (Lipinski definition) is 5. The first-order valence-corrected chi connectivity index (χ1v) is 10.7. The number of likely N-dealkylation sites (tertiary alicyclic amines) is 1. The summed E-state index contributed by atoms with van der Waals surface area (Å²) in [5.41, 5.74) is 1.36. The number of para-hydroxylation sites is 1. The van der Waals surface area contributed by atoms with Gasteiger partial charge in [-0.3, -0.25) is 14.4 Å². The van der Waals surface area contributed by atoms with Crippen LogP contribution in [0.2, 0.25) is 0 Å². The minimum Gasteiger partial charge on any atom is -0.472 e. The number of furan rings is 1. The third-order valence-corrected chi connectivity index (χ3v) is 5.79. The second-order valence-electron chi connectivity index (χ2n) is 7.98. The predicted molar refractivity (Wildman–Crippen MR) is 114 cm³/mol. The number of hydrogen-bond donors (Lipinski definition) is 2. The first kappa shape index (κ1) is 21.1. The highest BCUT2D eigenvalue weighted by atomic mass is 16.5. The maximum absolute atomic E-state index is 12.9. The van der Waals surface area contributed by atoms with Crippen LogP contribution in [-0.2, 0) is 9.53 Å². The highest BCUT2D eigenvalue weighted by Gasteiger charge is 2.30. The number of rotatable bonds is 6. The van der Waals surface area contributed by atoms with Crippen LogP contribution in [0.3, 0.4) is 0 Å². The van der Waals surface area contributed by atoms with E-state index in [0.29, 0.717) is 42.9 Å². The summed E-state index contributed by atoms with van der Waals surface area (Å²) in [7, 11) is 0. The smallest absolute Gasteiger partial charge is 0.257 e. The Morgan fingerprint density at radius 3 is 2.74 bits per heavy atom. The number of nitrogens with one attached hydrogen (secondary N) is 2. The summed E-state index contributed by atoms with van der Waals surface area (Å²) in [6.07, 6.45) is 6.30. The van der Waals surface area contributed by atoms with Gasteiger partial charge in [-0.2, -0.15) is 0 Å². The van der Waals surface area contributed by atoms with Crippen LogP contribution < -0.4 is 10.6 Å². The lowest BCUT2D eigenvalue weighted by molar-refractivity contribution is -0.121. The zero-order chi connectivity index (χ0) is 21.6. The number of nitrogens with zero attached hydrogens (tertiary/aromatic N) is 1. The van der Waals surface area contributed by atoms with E-state index in [1.807, 2.05) is 0 Å². The molecular formula is C23H27N3O5. The minimum absolute atomic E-state index is 0.0479. The van der Waals surface area contributed by atoms with Crippen LogP contribution in [0.5, 0.6) is 0 Å². The van der Waals surface area contributed by atoms with Crippen molar-refractivity contribution in [3.8, 4) is 0 Å². The molecule has 1 aromatic heterocycles. The van der Waals surface area contributed by atoms with E-state index in [1.54, 1.807) is 35.2 Å². The van der Waals surface area contributed by atoms with Crippen molar-refractivity contribution in [3.63, 3.8) is 0 Å². The number of amides is 3. The van der Waals surface area contributed by atoms with Crippen LogP contribution in [0.4, 0.5) is 5.69 Å². The Morgan fingerprint density at radius 2 is 1.97 bits per heavy atom. The zero-order valence-electron chi connectivity index (χ0n) is 17.3. The quantitative estimate of drug-likeness (QED) is 0.741. The Kier molecular flexibility index (Phi) is 6.66. The highest BCUT2D eigenvalue weighted by Crippen LogP contribution is 2.22. The number of carbonyl (C=O) groups is 3. The van der Waals surface area contributed by atoms with E-state index in [4.69, 9.17) is 9.15 Å². The van der Waals surface area contributed by atoms with Gasteiger partial charge in [-0.1, -0.05) is 12.1 Å². The molecule has 0 saturated carbocycles. The SMILES string of the molecule is O=C(NCC1CCCO1)c1ccccc1NC(=O)C1CCCN(C(=O)c2ccoc2)C1. The lowest BCUT2D eigenvalue weighted by atomic mass is 9.96. The molecule has 1 aromatic carbocycles. The van der Waals surface area contributed by atoms with Gasteiger partial charge in [0.25, 0.3) is 11.8 Å². The summed E-state index contributed by atoms with van der Waals surface area (Å²) < 4.78 is 10.5. The van der Waals surface area contributed by atoms with E-state index in [1.165, 1.54) is 12.5 Å². The number of benzene rings is 1. The molecule has 2 unspecified atom stereocenters. The summed E-state index contributed by atoms with van der Waals surface area (Å²) in [6, 6.07) is 8.58. The van der Waals surface area contributed by atoms with E-state index in [9.17, 15) is 14.4 Å². The van der Waals surface area contributed by atoms with Gasteiger partial charge < -0.3 is 24.7 Å². The first-order chi connectivity index (χ1) is 15.1. The molecule has 164 valence electrons. The Bertz CT molecular complexity index is 921. The molecule has 0 bridgehead atoms. The van der Waals surface area contributed by atoms with Crippen LogP contribution in [0.1, 0.15) is 46.4 Å². The van der Waals surface area contributed by atoms with Crippen molar-refractivity contribution in [3.05, 3.63) is 54.0 Å². The van der Waals surface area contributed by atoms with E-state index in [2.05, 4.69) is 10.6 Å². The predicted octanol–water partition coefficient (Wildman–Crippen LogP) is 2.68. The molecule has 3 heterocycles. The molecule has 0 radical (unpaired) electrons. The molecule has 0 spiro atoms. The molecule has 3 amide bonds. The van der Waals surface area contributed by atoms with E-state index < -0.39 is 0 Å². The van der Waals surface area contributed by atoms with Gasteiger partial charge in [0.15, 0.2) is 0 Å². The average Bonchev–Trinajstić information content (AvgIpc) is 3.52. The third kappa shape index (κ3) is 5.14. The van der Waals surface area contributed by atoms with Gasteiger partial charge >= 0.3 is 0 Å². The largest absolute Gasteiger partial charge is 0.472 e. The Balaban J connectivity index is 1.37. The fourth-order valence-electron chi connectivity index (χ4n) is 4.08. The van der Waals surface area contributed by atoms with E-state index >= 15 is 0 Å². The molecule has 2 atom stereocenters.